The number of aromatic nitrogens is 1. The maximum Gasteiger partial charge on any atom is 0.129 e. The zero-order valence-electron chi connectivity index (χ0n) is 8.53. The van der Waals surface area contributed by atoms with Crippen molar-refractivity contribution in [3.05, 3.63) is 30.1 Å². The smallest absolute Gasteiger partial charge is 0.129 e. The lowest BCUT2D eigenvalue weighted by atomic mass is 10.0. The SMILES string of the molecule is COc1ccncc1C1=CC(Cl)CNC1. The minimum Gasteiger partial charge on any atom is -0.496 e. The Morgan fingerprint density at radius 3 is 3.20 bits per heavy atom. The highest BCUT2D eigenvalue weighted by atomic mass is 35.5. The summed E-state index contributed by atoms with van der Waals surface area (Å²) in [5.41, 5.74) is 2.16. The molecule has 3 nitrogen and oxygen atoms in total. The molecule has 2 rings (SSSR count). The van der Waals surface area contributed by atoms with E-state index in [1.165, 1.54) is 0 Å². The molecule has 0 spiro atoms. The van der Waals surface area contributed by atoms with Crippen molar-refractivity contribution in [2.45, 2.75) is 5.38 Å². The van der Waals surface area contributed by atoms with Crippen LogP contribution in [0.4, 0.5) is 0 Å². The summed E-state index contributed by atoms with van der Waals surface area (Å²) in [4.78, 5) is 4.10. The van der Waals surface area contributed by atoms with Gasteiger partial charge in [0.25, 0.3) is 0 Å². The largest absolute Gasteiger partial charge is 0.496 e. The first kappa shape index (κ1) is 10.5. The number of methoxy groups -OCH3 is 1. The van der Waals surface area contributed by atoms with Gasteiger partial charge < -0.3 is 10.1 Å². The summed E-state index contributed by atoms with van der Waals surface area (Å²) < 4.78 is 5.28. The fourth-order valence-electron chi connectivity index (χ4n) is 1.67. The van der Waals surface area contributed by atoms with Gasteiger partial charge in [-0.05, 0) is 11.6 Å². The van der Waals surface area contributed by atoms with Gasteiger partial charge in [-0.1, -0.05) is 6.08 Å². The van der Waals surface area contributed by atoms with E-state index in [9.17, 15) is 0 Å². The number of nitrogens with zero attached hydrogens (tertiary/aromatic N) is 1. The summed E-state index contributed by atoms with van der Waals surface area (Å²) in [6, 6.07) is 1.86. The van der Waals surface area contributed by atoms with E-state index in [1.54, 1.807) is 19.5 Å². The number of ether oxygens (including phenoxy) is 1. The summed E-state index contributed by atoms with van der Waals surface area (Å²) in [5.74, 6) is 0.837. The van der Waals surface area contributed by atoms with Crippen LogP contribution in [0, 0.1) is 0 Å². The summed E-state index contributed by atoms with van der Waals surface area (Å²) in [6.45, 7) is 1.62. The highest BCUT2D eigenvalue weighted by Crippen LogP contribution is 2.26. The monoisotopic (exact) mass is 224 g/mol. The lowest BCUT2D eigenvalue weighted by Gasteiger charge is -2.19. The fraction of sp³-hybridized carbons (Fsp3) is 0.364. The van der Waals surface area contributed by atoms with Crippen molar-refractivity contribution >= 4 is 17.2 Å². The third-order valence-corrected chi connectivity index (χ3v) is 2.66. The number of alkyl halides is 1. The van der Waals surface area contributed by atoms with E-state index < -0.39 is 0 Å². The fourth-order valence-corrected chi connectivity index (χ4v) is 1.93. The van der Waals surface area contributed by atoms with Crippen molar-refractivity contribution < 1.29 is 4.74 Å². The molecular weight excluding hydrogens is 212 g/mol. The normalized spacial score (nSPS) is 20.9. The lowest BCUT2D eigenvalue weighted by molar-refractivity contribution is 0.412. The van der Waals surface area contributed by atoms with Gasteiger partial charge in [-0.2, -0.15) is 0 Å². The van der Waals surface area contributed by atoms with Crippen LogP contribution in [0.15, 0.2) is 24.5 Å². The standard InChI is InChI=1S/C11H13ClN2O/c1-15-11-2-3-13-7-10(11)8-4-9(12)6-14-5-8/h2-4,7,9,14H,5-6H2,1H3. The van der Waals surface area contributed by atoms with E-state index in [0.29, 0.717) is 0 Å². The topological polar surface area (TPSA) is 34.1 Å². The number of hydrogen-bond donors (Lipinski definition) is 1. The van der Waals surface area contributed by atoms with E-state index in [-0.39, 0.29) is 5.38 Å². The first-order valence-electron chi connectivity index (χ1n) is 4.85. The van der Waals surface area contributed by atoms with Gasteiger partial charge in [0.2, 0.25) is 0 Å². The van der Waals surface area contributed by atoms with Gasteiger partial charge in [-0.15, -0.1) is 11.6 Å². The van der Waals surface area contributed by atoms with E-state index >= 15 is 0 Å². The molecule has 1 atom stereocenters. The molecular formula is C11H13ClN2O. The Kier molecular flexibility index (Phi) is 3.23. The van der Waals surface area contributed by atoms with Crippen LogP contribution < -0.4 is 10.1 Å². The molecule has 1 aliphatic heterocycles. The Balaban J connectivity index is 2.36. The van der Waals surface area contributed by atoms with E-state index in [1.807, 2.05) is 6.07 Å². The van der Waals surface area contributed by atoms with Crippen LogP contribution in [0.25, 0.3) is 5.57 Å². The Hall–Kier alpha value is -1.06. The van der Waals surface area contributed by atoms with E-state index in [2.05, 4.69) is 16.4 Å². The summed E-state index contributed by atoms with van der Waals surface area (Å²) in [7, 11) is 1.66. The lowest BCUT2D eigenvalue weighted by Crippen LogP contribution is -2.29. The maximum absolute atomic E-state index is 6.06. The van der Waals surface area contributed by atoms with E-state index in [0.717, 1.165) is 30.0 Å². The minimum absolute atomic E-state index is 0.0404. The second-order valence-corrected chi connectivity index (χ2v) is 3.98. The van der Waals surface area contributed by atoms with Crippen molar-refractivity contribution in [3.8, 4) is 5.75 Å². The van der Waals surface area contributed by atoms with Gasteiger partial charge in [-0.25, -0.2) is 0 Å². The van der Waals surface area contributed by atoms with Crippen LogP contribution in [0.5, 0.6) is 5.75 Å². The molecule has 1 aliphatic rings. The molecule has 2 heterocycles. The number of rotatable bonds is 2. The predicted molar refractivity (Wildman–Crippen MR) is 61.3 cm³/mol. The minimum atomic E-state index is 0.0404. The predicted octanol–water partition coefficient (Wildman–Crippen LogP) is 1.68. The van der Waals surface area contributed by atoms with Crippen LogP contribution in [0.1, 0.15) is 5.56 Å². The van der Waals surface area contributed by atoms with Crippen LogP contribution in [-0.2, 0) is 0 Å². The molecule has 1 unspecified atom stereocenters. The van der Waals surface area contributed by atoms with Crippen LogP contribution in [0.2, 0.25) is 0 Å². The van der Waals surface area contributed by atoms with Crippen LogP contribution >= 0.6 is 11.6 Å². The van der Waals surface area contributed by atoms with Gasteiger partial charge >= 0.3 is 0 Å². The molecule has 15 heavy (non-hydrogen) atoms. The average molecular weight is 225 g/mol. The molecule has 80 valence electrons. The Bertz CT molecular complexity index is 379. The maximum atomic E-state index is 6.06. The summed E-state index contributed by atoms with van der Waals surface area (Å²) >= 11 is 6.06. The molecule has 0 bridgehead atoms. The molecule has 0 aliphatic carbocycles. The van der Waals surface area contributed by atoms with Crippen molar-refractivity contribution in [3.63, 3.8) is 0 Å². The van der Waals surface area contributed by atoms with Gasteiger partial charge in [0.15, 0.2) is 0 Å². The van der Waals surface area contributed by atoms with Gasteiger partial charge in [-0.3, -0.25) is 4.98 Å². The molecule has 0 fully saturated rings. The first-order valence-corrected chi connectivity index (χ1v) is 5.29. The third kappa shape index (κ3) is 2.30. The Labute approximate surface area is 94.1 Å². The third-order valence-electron chi connectivity index (χ3n) is 2.38. The summed E-state index contributed by atoms with van der Waals surface area (Å²) in [6.07, 6.45) is 5.58. The van der Waals surface area contributed by atoms with Crippen molar-refractivity contribution in [1.29, 1.82) is 0 Å². The molecule has 0 aromatic carbocycles. The zero-order valence-corrected chi connectivity index (χ0v) is 9.29. The van der Waals surface area contributed by atoms with Crippen molar-refractivity contribution in [2.75, 3.05) is 20.2 Å². The van der Waals surface area contributed by atoms with Gasteiger partial charge in [0.05, 0.1) is 12.5 Å². The number of halogens is 1. The molecule has 4 heteroatoms. The highest BCUT2D eigenvalue weighted by Gasteiger charge is 2.14. The highest BCUT2D eigenvalue weighted by molar-refractivity contribution is 6.22. The summed E-state index contributed by atoms with van der Waals surface area (Å²) in [5, 5.41) is 3.29. The van der Waals surface area contributed by atoms with Crippen LogP contribution in [-0.4, -0.2) is 30.6 Å². The van der Waals surface area contributed by atoms with E-state index in [4.69, 9.17) is 16.3 Å². The van der Waals surface area contributed by atoms with Crippen LogP contribution in [0.3, 0.4) is 0 Å². The molecule has 0 saturated heterocycles. The number of nitrogens with one attached hydrogen (secondary N) is 1. The Morgan fingerprint density at radius 1 is 1.60 bits per heavy atom. The molecule has 1 aromatic rings. The van der Waals surface area contributed by atoms with Gasteiger partial charge in [0, 0.05) is 31.0 Å². The first-order chi connectivity index (χ1) is 7.31. The Morgan fingerprint density at radius 2 is 2.47 bits per heavy atom. The molecule has 0 saturated carbocycles. The van der Waals surface area contributed by atoms with Gasteiger partial charge in [0.1, 0.15) is 5.75 Å². The molecule has 0 radical (unpaired) electrons. The average Bonchev–Trinajstić information content (AvgIpc) is 2.29. The zero-order chi connectivity index (χ0) is 10.7. The number of hydrogen-bond acceptors (Lipinski definition) is 3. The molecule has 0 amide bonds. The van der Waals surface area contributed by atoms with Crippen molar-refractivity contribution in [2.24, 2.45) is 0 Å². The second-order valence-electron chi connectivity index (χ2n) is 3.41. The van der Waals surface area contributed by atoms with Crippen molar-refractivity contribution in [1.82, 2.24) is 10.3 Å². The second kappa shape index (κ2) is 4.64. The molecule has 1 N–H and O–H groups in total. The molecule has 1 aromatic heterocycles. The quantitative estimate of drug-likeness (QED) is 0.777. The number of pyridine rings is 1.